The van der Waals surface area contributed by atoms with E-state index >= 15 is 0 Å². The van der Waals surface area contributed by atoms with Crippen molar-refractivity contribution in [3.8, 4) is 28.9 Å². The fraction of sp³-hybridized carbons (Fsp3) is 0.304. The first kappa shape index (κ1) is 41.9. The molecular formula is C46H47N9O6S. The number of piperidine rings is 2. The third kappa shape index (κ3) is 11.3. The summed E-state index contributed by atoms with van der Waals surface area (Å²) in [6.07, 6.45) is 8.26. The van der Waals surface area contributed by atoms with Gasteiger partial charge in [-0.3, -0.25) is 9.97 Å². The van der Waals surface area contributed by atoms with E-state index in [0.717, 1.165) is 69.7 Å². The van der Waals surface area contributed by atoms with Crippen molar-refractivity contribution in [1.29, 1.82) is 0 Å². The van der Waals surface area contributed by atoms with E-state index in [-0.39, 0.29) is 12.2 Å². The Kier molecular flexibility index (Phi) is 13.6. The maximum absolute atomic E-state index is 12.6. The highest BCUT2D eigenvalue weighted by Gasteiger charge is 2.26. The molecule has 0 spiro atoms. The van der Waals surface area contributed by atoms with Crippen molar-refractivity contribution in [3.63, 3.8) is 0 Å². The lowest BCUT2D eigenvalue weighted by molar-refractivity contribution is 0.117. The summed E-state index contributed by atoms with van der Waals surface area (Å²) >= 11 is 1.66. The molecule has 318 valence electrons. The SMILES string of the molecule is Cc1ccc(Oc2ccc(OCC3CCN(C(=O)Oc4ccc5cccnc5c4)CC3)cc2)nc1.Cn1nnnc1SCC1CCN(C(=O)Oc2ccc3cccnc3c2)CC1. The molecular weight excluding hydrogens is 807 g/mol. The number of benzene rings is 3. The summed E-state index contributed by atoms with van der Waals surface area (Å²) in [6, 6.07) is 30.1. The molecule has 2 amide bonds. The van der Waals surface area contributed by atoms with Gasteiger partial charge in [0.05, 0.1) is 17.6 Å². The zero-order valence-electron chi connectivity index (χ0n) is 34.6. The van der Waals surface area contributed by atoms with Gasteiger partial charge in [-0.25, -0.2) is 19.3 Å². The Hall–Kier alpha value is -6.81. The second-order valence-corrected chi connectivity index (χ2v) is 16.3. The number of nitrogens with zero attached hydrogens (tertiary/aromatic N) is 9. The van der Waals surface area contributed by atoms with Crippen LogP contribution in [0.15, 0.2) is 121 Å². The van der Waals surface area contributed by atoms with Gasteiger partial charge in [0.1, 0.15) is 23.0 Å². The van der Waals surface area contributed by atoms with E-state index in [0.29, 0.717) is 67.8 Å². The summed E-state index contributed by atoms with van der Waals surface area (Å²) in [5.74, 6) is 4.98. The van der Waals surface area contributed by atoms with E-state index in [2.05, 4.69) is 30.5 Å². The van der Waals surface area contributed by atoms with Crippen molar-refractivity contribution in [1.82, 2.24) is 45.0 Å². The maximum Gasteiger partial charge on any atom is 0.415 e. The van der Waals surface area contributed by atoms with Crippen LogP contribution in [0.5, 0.6) is 28.9 Å². The summed E-state index contributed by atoms with van der Waals surface area (Å²) in [5, 5.41) is 14.3. The summed E-state index contributed by atoms with van der Waals surface area (Å²) in [7, 11) is 1.84. The van der Waals surface area contributed by atoms with Crippen LogP contribution < -0.4 is 18.9 Å². The van der Waals surface area contributed by atoms with E-state index in [9.17, 15) is 9.59 Å². The largest absolute Gasteiger partial charge is 0.493 e. The molecule has 2 fully saturated rings. The first-order valence-electron chi connectivity index (χ1n) is 20.6. The van der Waals surface area contributed by atoms with Gasteiger partial charge < -0.3 is 28.7 Å². The number of thioether (sulfide) groups is 1. The monoisotopic (exact) mass is 853 g/mol. The Morgan fingerprint density at radius 3 is 1.79 bits per heavy atom. The Bertz CT molecular complexity index is 2580. The Morgan fingerprint density at radius 1 is 0.677 bits per heavy atom. The fourth-order valence-corrected chi connectivity index (χ4v) is 8.14. The van der Waals surface area contributed by atoms with Gasteiger partial charge in [0.25, 0.3) is 0 Å². The molecule has 0 N–H and O–H groups in total. The Morgan fingerprint density at radius 2 is 1.24 bits per heavy atom. The van der Waals surface area contributed by atoms with Crippen molar-refractivity contribution in [2.24, 2.45) is 18.9 Å². The highest BCUT2D eigenvalue weighted by atomic mass is 32.2. The molecule has 2 aliphatic rings. The predicted octanol–water partition coefficient (Wildman–Crippen LogP) is 8.78. The number of aryl methyl sites for hydroxylation is 2. The second-order valence-electron chi connectivity index (χ2n) is 15.3. The number of pyridine rings is 3. The number of tetrazole rings is 1. The lowest BCUT2D eigenvalue weighted by Gasteiger charge is -2.31. The van der Waals surface area contributed by atoms with Crippen LogP contribution >= 0.6 is 11.8 Å². The average molecular weight is 854 g/mol. The van der Waals surface area contributed by atoms with Crippen molar-refractivity contribution >= 4 is 45.8 Å². The minimum atomic E-state index is -0.321. The van der Waals surface area contributed by atoms with Gasteiger partial charge in [-0.2, -0.15) is 0 Å². The van der Waals surface area contributed by atoms with Crippen LogP contribution in [0.1, 0.15) is 31.2 Å². The molecule has 62 heavy (non-hydrogen) atoms. The van der Waals surface area contributed by atoms with Crippen LogP contribution in [-0.4, -0.2) is 95.7 Å². The number of aromatic nitrogens is 7. The van der Waals surface area contributed by atoms with E-state index < -0.39 is 0 Å². The number of hydrogen-bond acceptors (Lipinski definition) is 13. The van der Waals surface area contributed by atoms with Crippen LogP contribution in [0, 0.1) is 18.8 Å². The summed E-state index contributed by atoms with van der Waals surface area (Å²) in [6.45, 7) is 5.30. The van der Waals surface area contributed by atoms with Gasteiger partial charge in [-0.15, -0.1) is 5.10 Å². The van der Waals surface area contributed by atoms with E-state index in [1.807, 2.05) is 86.8 Å². The number of hydrogen-bond donors (Lipinski definition) is 0. The zero-order valence-corrected chi connectivity index (χ0v) is 35.4. The second kappa shape index (κ2) is 20.2. The molecule has 3 aromatic carbocycles. The number of amides is 2. The van der Waals surface area contributed by atoms with Gasteiger partial charge >= 0.3 is 12.2 Å². The summed E-state index contributed by atoms with van der Waals surface area (Å²) in [4.78, 5) is 41.4. The van der Waals surface area contributed by atoms with E-state index in [4.69, 9.17) is 18.9 Å². The molecule has 0 bridgehead atoms. The number of carbonyl (C=O) groups excluding carboxylic acids is 2. The molecule has 0 unspecified atom stereocenters. The third-order valence-corrected chi connectivity index (χ3v) is 12.0. The first-order chi connectivity index (χ1) is 30.3. The molecule has 2 aliphatic heterocycles. The molecule has 0 saturated carbocycles. The van der Waals surface area contributed by atoms with Gasteiger partial charge in [-0.1, -0.05) is 30.0 Å². The highest BCUT2D eigenvalue weighted by Crippen LogP contribution is 2.28. The molecule has 4 aromatic heterocycles. The van der Waals surface area contributed by atoms with Crippen LogP contribution in [0.4, 0.5) is 9.59 Å². The first-order valence-corrected chi connectivity index (χ1v) is 21.6. The molecule has 2 saturated heterocycles. The standard InChI is InChI=1S/C28H27N3O4.C18H20N6O2S/c1-20-4-11-27(30-18-20)34-24-9-7-23(8-10-24)33-19-21-12-15-31(16-13-21)28(32)35-25-6-5-22-3-2-14-29-26(22)17-25;1-23-17(20-21-22-23)27-12-13-6-9-24(10-7-13)18(25)26-15-5-4-14-3-2-8-19-16(14)11-15/h2-11,14,17-18,21H,12-13,15-16,19H2,1H3;2-5,8,11,13H,6-7,9-10,12H2,1H3. The van der Waals surface area contributed by atoms with Crippen LogP contribution in [0.25, 0.3) is 21.8 Å². The Labute approximate surface area is 363 Å². The Balaban J connectivity index is 0.000000176. The van der Waals surface area contributed by atoms with Crippen LogP contribution in [0.3, 0.4) is 0 Å². The lowest BCUT2D eigenvalue weighted by Crippen LogP contribution is -2.41. The molecule has 7 aromatic rings. The van der Waals surface area contributed by atoms with Gasteiger partial charge in [0.2, 0.25) is 11.0 Å². The summed E-state index contributed by atoms with van der Waals surface area (Å²) < 4.78 is 24.6. The molecule has 0 radical (unpaired) electrons. The van der Waals surface area contributed by atoms with Crippen molar-refractivity contribution in [2.45, 2.75) is 37.8 Å². The number of rotatable bonds is 10. The van der Waals surface area contributed by atoms with Gasteiger partial charge in [0.15, 0.2) is 0 Å². The lowest BCUT2D eigenvalue weighted by atomic mass is 9.98. The van der Waals surface area contributed by atoms with Gasteiger partial charge in [0, 0.05) is 86.5 Å². The topological polar surface area (TPSA) is 160 Å². The molecule has 0 aliphatic carbocycles. The quantitative estimate of drug-likeness (QED) is 0.120. The number of ether oxygens (including phenoxy) is 4. The minimum Gasteiger partial charge on any atom is -0.493 e. The van der Waals surface area contributed by atoms with E-state index in [1.165, 1.54) is 0 Å². The minimum absolute atomic E-state index is 0.297. The number of fused-ring (bicyclic) bond motifs is 2. The third-order valence-electron chi connectivity index (χ3n) is 10.8. The van der Waals surface area contributed by atoms with E-state index in [1.54, 1.807) is 69.1 Å². The fourth-order valence-electron chi connectivity index (χ4n) is 7.10. The van der Waals surface area contributed by atoms with Crippen LogP contribution in [-0.2, 0) is 7.05 Å². The molecule has 9 rings (SSSR count). The normalized spacial score (nSPS) is 14.5. The number of likely N-dealkylation sites (tertiary alicyclic amines) is 2. The molecule has 0 atom stereocenters. The van der Waals surface area contributed by atoms with Gasteiger partial charge in [-0.05, 0) is 121 Å². The zero-order chi connectivity index (χ0) is 42.7. The van der Waals surface area contributed by atoms with Crippen molar-refractivity contribution in [3.05, 3.63) is 121 Å². The average Bonchev–Trinajstić information content (AvgIpc) is 3.73. The van der Waals surface area contributed by atoms with Crippen molar-refractivity contribution < 1.29 is 28.5 Å². The molecule has 16 heteroatoms. The predicted molar refractivity (Wildman–Crippen MR) is 235 cm³/mol. The summed E-state index contributed by atoms with van der Waals surface area (Å²) in [5.41, 5.74) is 2.71. The number of carbonyl (C=O) groups is 2. The smallest absolute Gasteiger partial charge is 0.415 e. The molecule has 6 heterocycles. The van der Waals surface area contributed by atoms with Crippen LogP contribution in [0.2, 0.25) is 0 Å². The van der Waals surface area contributed by atoms with Crippen molar-refractivity contribution in [2.75, 3.05) is 38.5 Å². The maximum atomic E-state index is 12.6. The highest BCUT2D eigenvalue weighted by molar-refractivity contribution is 7.99. The molecule has 15 nitrogen and oxygen atoms in total.